The molecule has 19 heavy (non-hydrogen) atoms. The zero-order chi connectivity index (χ0) is 13.8. The van der Waals surface area contributed by atoms with Gasteiger partial charge >= 0.3 is 5.97 Å². The van der Waals surface area contributed by atoms with Gasteiger partial charge in [0.05, 0.1) is 18.3 Å². The van der Waals surface area contributed by atoms with Crippen LogP contribution in [0, 0.1) is 11.8 Å². The molecule has 2 unspecified atom stereocenters. The molecule has 2 atom stereocenters. The van der Waals surface area contributed by atoms with E-state index in [1.54, 1.807) is 0 Å². The van der Waals surface area contributed by atoms with Crippen LogP contribution in [0.5, 0.6) is 0 Å². The Bertz CT molecular complexity index is 478. The SMILES string of the molecule is O=C(O)C1CCCC(C(=O)Nc2cnc(Br)cn2)C1. The lowest BCUT2D eigenvalue weighted by Crippen LogP contribution is -2.31. The molecular weight excluding hydrogens is 314 g/mol. The summed E-state index contributed by atoms with van der Waals surface area (Å²) < 4.78 is 0.592. The van der Waals surface area contributed by atoms with Crippen molar-refractivity contribution >= 4 is 33.6 Å². The molecule has 6 nitrogen and oxygen atoms in total. The maximum absolute atomic E-state index is 12.0. The fraction of sp³-hybridized carbons (Fsp3) is 0.500. The summed E-state index contributed by atoms with van der Waals surface area (Å²) in [6.07, 6.45) is 5.49. The molecule has 102 valence electrons. The zero-order valence-corrected chi connectivity index (χ0v) is 11.8. The smallest absolute Gasteiger partial charge is 0.306 e. The van der Waals surface area contributed by atoms with Gasteiger partial charge in [-0.25, -0.2) is 9.97 Å². The summed E-state index contributed by atoms with van der Waals surface area (Å²) >= 11 is 3.16. The molecule has 0 aliphatic heterocycles. The number of nitrogens with zero attached hydrogens (tertiary/aromatic N) is 2. The van der Waals surface area contributed by atoms with Crippen LogP contribution in [0.3, 0.4) is 0 Å². The lowest BCUT2D eigenvalue weighted by atomic mass is 9.81. The van der Waals surface area contributed by atoms with E-state index in [0.717, 1.165) is 12.8 Å². The quantitative estimate of drug-likeness (QED) is 0.886. The Morgan fingerprint density at radius 1 is 1.26 bits per heavy atom. The van der Waals surface area contributed by atoms with E-state index in [-0.39, 0.29) is 11.8 Å². The second-order valence-electron chi connectivity index (χ2n) is 4.61. The van der Waals surface area contributed by atoms with Crippen LogP contribution in [0.15, 0.2) is 17.0 Å². The first kappa shape index (κ1) is 13.9. The van der Waals surface area contributed by atoms with Gasteiger partial charge in [-0.1, -0.05) is 6.42 Å². The summed E-state index contributed by atoms with van der Waals surface area (Å²) in [4.78, 5) is 31.0. The highest BCUT2D eigenvalue weighted by Crippen LogP contribution is 2.29. The number of hydrogen-bond donors (Lipinski definition) is 2. The molecule has 0 aromatic carbocycles. The Morgan fingerprint density at radius 3 is 2.63 bits per heavy atom. The van der Waals surface area contributed by atoms with Crippen LogP contribution in [0.25, 0.3) is 0 Å². The largest absolute Gasteiger partial charge is 0.481 e. The molecule has 1 aliphatic carbocycles. The van der Waals surface area contributed by atoms with Gasteiger partial charge in [0.1, 0.15) is 4.60 Å². The zero-order valence-electron chi connectivity index (χ0n) is 10.2. The molecule has 1 aromatic heterocycles. The third-order valence-corrected chi connectivity index (χ3v) is 3.68. The highest BCUT2D eigenvalue weighted by atomic mass is 79.9. The number of aromatic nitrogens is 2. The average Bonchev–Trinajstić information content (AvgIpc) is 2.41. The monoisotopic (exact) mass is 327 g/mol. The van der Waals surface area contributed by atoms with Crippen LogP contribution in [0.2, 0.25) is 0 Å². The van der Waals surface area contributed by atoms with Gasteiger partial charge in [0.25, 0.3) is 0 Å². The van der Waals surface area contributed by atoms with Gasteiger partial charge in [-0.15, -0.1) is 0 Å². The fourth-order valence-electron chi connectivity index (χ4n) is 2.26. The van der Waals surface area contributed by atoms with E-state index in [4.69, 9.17) is 5.11 Å². The highest BCUT2D eigenvalue weighted by Gasteiger charge is 2.31. The van der Waals surface area contributed by atoms with Gasteiger partial charge in [-0.2, -0.15) is 0 Å². The van der Waals surface area contributed by atoms with Gasteiger partial charge in [0.2, 0.25) is 5.91 Å². The summed E-state index contributed by atoms with van der Waals surface area (Å²) in [7, 11) is 0. The minimum Gasteiger partial charge on any atom is -0.481 e. The van der Waals surface area contributed by atoms with Crippen LogP contribution < -0.4 is 5.32 Å². The summed E-state index contributed by atoms with van der Waals surface area (Å²) in [5.41, 5.74) is 0. The Morgan fingerprint density at radius 2 is 2.00 bits per heavy atom. The number of carboxylic acid groups (broad SMARTS) is 1. The Labute approximate surface area is 118 Å². The summed E-state index contributed by atoms with van der Waals surface area (Å²) in [6.45, 7) is 0. The van der Waals surface area contributed by atoms with E-state index < -0.39 is 11.9 Å². The maximum Gasteiger partial charge on any atom is 0.306 e. The second-order valence-corrected chi connectivity index (χ2v) is 5.42. The van der Waals surface area contributed by atoms with E-state index in [1.807, 2.05) is 0 Å². The van der Waals surface area contributed by atoms with Gasteiger partial charge < -0.3 is 10.4 Å². The number of carbonyl (C=O) groups excluding carboxylic acids is 1. The summed E-state index contributed by atoms with van der Waals surface area (Å²) in [6, 6.07) is 0. The third kappa shape index (κ3) is 3.73. The minimum atomic E-state index is -0.819. The number of amides is 1. The van der Waals surface area contributed by atoms with Gasteiger partial charge in [0, 0.05) is 5.92 Å². The molecule has 0 spiro atoms. The Balaban J connectivity index is 1.96. The lowest BCUT2D eigenvalue weighted by molar-refractivity contribution is -0.143. The topological polar surface area (TPSA) is 92.2 Å². The van der Waals surface area contributed by atoms with Gasteiger partial charge in [-0.3, -0.25) is 9.59 Å². The van der Waals surface area contributed by atoms with Crippen molar-refractivity contribution in [1.29, 1.82) is 0 Å². The maximum atomic E-state index is 12.0. The number of carbonyl (C=O) groups is 2. The first-order chi connectivity index (χ1) is 9.06. The van der Waals surface area contributed by atoms with Crippen LogP contribution >= 0.6 is 15.9 Å². The minimum absolute atomic E-state index is 0.178. The molecule has 0 bridgehead atoms. The molecule has 0 radical (unpaired) electrons. The van der Waals surface area contributed by atoms with Crippen molar-refractivity contribution in [3.05, 3.63) is 17.0 Å². The third-order valence-electron chi connectivity index (χ3n) is 3.27. The average molecular weight is 328 g/mol. The van der Waals surface area contributed by atoms with Gasteiger partial charge in [-0.05, 0) is 35.2 Å². The highest BCUT2D eigenvalue weighted by molar-refractivity contribution is 9.10. The first-order valence-corrected chi connectivity index (χ1v) is 6.87. The summed E-state index contributed by atoms with van der Waals surface area (Å²) in [5.74, 6) is -1.30. The van der Waals surface area contributed by atoms with Crippen molar-refractivity contribution in [3.8, 4) is 0 Å². The molecule has 1 amide bonds. The van der Waals surface area contributed by atoms with Crippen LogP contribution in [-0.2, 0) is 9.59 Å². The number of aliphatic carboxylic acids is 1. The van der Waals surface area contributed by atoms with Crippen molar-refractivity contribution in [1.82, 2.24) is 9.97 Å². The Hall–Kier alpha value is -1.50. The van der Waals surface area contributed by atoms with Crippen molar-refractivity contribution in [2.45, 2.75) is 25.7 Å². The molecule has 2 N–H and O–H groups in total. The normalized spacial score (nSPS) is 22.8. The predicted molar refractivity (Wildman–Crippen MR) is 71.4 cm³/mol. The molecule has 1 fully saturated rings. The lowest BCUT2D eigenvalue weighted by Gasteiger charge is -2.25. The number of anilines is 1. The number of halogens is 1. The molecule has 1 aromatic rings. The number of rotatable bonds is 3. The van der Waals surface area contributed by atoms with E-state index in [2.05, 4.69) is 31.2 Å². The van der Waals surface area contributed by atoms with Crippen molar-refractivity contribution in [2.24, 2.45) is 11.8 Å². The second kappa shape index (κ2) is 6.10. The molecule has 1 saturated carbocycles. The predicted octanol–water partition coefficient (Wildman–Crippen LogP) is 2.07. The van der Waals surface area contributed by atoms with Crippen LogP contribution in [-0.4, -0.2) is 27.0 Å². The molecule has 7 heteroatoms. The standard InChI is InChI=1S/C12H14BrN3O3/c13-9-5-15-10(6-14-9)16-11(17)7-2-1-3-8(4-7)12(18)19/h5-8H,1-4H2,(H,18,19)(H,15,16,17). The van der Waals surface area contributed by atoms with E-state index in [0.29, 0.717) is 23.3 Å². The molecule has 1 heterocycles. The van der Waals surface area contributed by atoms with Crippen LogP contribution in [0.1, 0.15) is 25.7 Å². The first-order valence-electron chi connectivity index (χ1n) is 6.07. The van der Waals surface area contributed by atoms with Crippen molar-refractivity contribution < 1.29 is 14.7 Å². The Kier molecular flexibility index (Phi) is 4.47. The van der Waals surface area contributed by atoms with E-state index in [9.17, 15) is 9.59 Å². The summed E-state index contributed by atoms with van der Waals surface area (Å²) in [5, 5.41) is 11.7. The molecular formula is C12H14BrN3O3. The van der Waals surface area contributed by atoms with E-state index in [1.165, 1.54) is 12.4 Å². The number of carboxylic acids is 1. The fourth-order valence-corrected chi connectivity index (χ4v) is 2.46. The number of hydrogen-bond acceptors (Lipinski definition) is 4. The van der Waals surface area contributed by atoms with Crippen molar-refractivity contribution in [2.75, 3.05) is 5.32 Å². The van der Waals surface area contributed by atoms with Crippen molar-refractivity contribution in [3.63, 3.8) is 0 Å². The molecule has 2 rings (SSSR count). The molecule has 1 aliphatic rings. The molecule has 0 saturated heterocycles. The van der Waals surface area contributed by atoms with Crippen LogP contribution in [0.4, 0.5) is 5.82 Å². The number of nitrogens with one attached hydrogen (secondary N) is 1. The van der Waals surface area contributed by atoms with Gasteiger partial charge in [0.15, 0.2) is 5.82 Å². The van der Waals surface area contributed by atoms with E-state index >= 15 is 0 Å².